The summed E-state index contributed by atoms with van der Waals surface area (Å²) in [6.45, 7) is 0. The van der Waals surface area contributed by atoms with Gasteiger partial charge in [0.25, 0.3) is 0 Å². The van der Waals surface area contributed by atoms with Crippen LogP contribution in [0.5, 0.6) is 0 Å². The first-order chi connectivity index (χ1) is 12.7. The molecule has 0 saturated heterocycles. The highest BCUT2D eigenvalue weighted by Crippen LogP contribution is 1.81. The van der Waals surface area contributed by atoms with E-state index in [-0.39, 0.29) is 50.0 Å². The number of thiol groups is 4. The van der Waals surface area contributed by atoms with Crippen molar-refractivity contribution in [2.75, 3.05) is 23.0 Å². The van der Waals surface area contributed by atoms with Crippen LogP contribution in [0.25, 0.3) is 0 Å². The quantitative estimate of drug-likeness (QED) is 0.140. The first kappa shape index (κ1) is 43.7. The molecule has 0 rings (SSSR count). The van der Waals surface area contributed by atoms with E-state index in [1.807, 2.05) is 0 Å². The SMILES string of the molecule is NC(CS)C(=O)O.NC(CS)C(=O)O.NC(CS)C(=O)O.NC(CS)C(=O)O.S.S. The minimum atomic E-state index is -1.00. The lowest BCUT2D eigenvalue weighted by Gasteiger charge is -1.96. The molecule has 0 radical (unpaired) electrons. The monoisotopic (exact) mass is 552 g/mol. The van der Waals surface area contributed by atoms with Crippen LogP contribution in [0.1, 0.15) is 0 Å². The lowest BCUT2D eigenvalue weighted by molar-refractivity contribution is -0.138. The van der Waals surface area contributed by atoms with Crippen molar-refractivity contribution in [1.82, 2.24) is 0 Å². The second-order valence-electron chi connectivity index (χ2n) is 4.51. The number of nitrogens with two attached hydrogens (primary N) is 4. The Morgan fingerprint density at radius 2 is 0.600 bits per heavy atom. The Morgan fingerprint density at radius 1 is 0.500 bits per heavy atom. The summed E-state index contributed by atoms with van der Waals surface area (Å²) >= 11 is 14.6. The maximum absolute atomic E-state index is 9.76. The summed E-state index contributed by atoms with van der Waals surface area (Å²) in [5.74, 6) is -3.26. The highest BCUT2D eigenvalue weighted by molar-refractivity contribution is 7.80. The van der Waals surface area contributed by atoms with E-state index in [0.717, 1.165) is 0 Å². The van der Waals surface area contributed by atoms with Crippen LogP contribution in [0.3, 0.4) is 0 Å². The van der Waals surface area contributed by atoms with Gasteiger partial charge in [-0.25, -0.2) is 0 Å². The molecule has 0 saturated carbocycles. The summed E-state index contributed by atoms with van der Waals surface area (Å²) < 4.78 is 0. The molecule has 0 aliphatic carbocycles. The summed E-state index contributed by atoms with van der Waals surface area (Å²) in [5, 5.41) is 32.0. The molecule has 0 fully saturated rings. The standard InChI is InChI=1S/4C3H7NO2S.2H2S/c4*4-2(1-7)3(5)6;;/h4*2,7H,1,4H2,(H,5,6);2*1H2. The van der Waals surface area contributed by atoms with Crippen LogP contribution in [0, 0.1) is 0 Å². The number of rotatable bonds is 8. The second-order valence-corrected chi connectivity index (χ2v) is 5.97. The van der Waals surface area contributed by atoms with Crippen LogP contribution in [-0.2, 0) is 19.2 Å². The van der Waals surface area contributed by atoms with Gasteiger partial charge in [0.2, 0.25) is 0 Å². The van der Waals surface area contributed by atoms with Gasteiger partial charge in [-0.05, 0) is 0 Å². The molecule has 30 heavy (non-hydrogen) atoms. The molecule has 0 aromatic rings. The van der Waals surface area contributed by atoms with E-state index >= 15 is 0 Å². The third-order valence-corrected chi connectivity index (χ3v) is 3.63. The van der Waals surface area contributed by atoms with Crippen molar-refractivity contribution in [1.29, 1.82) is 0 Å². The van der Waals surface area contributed by atoms with E-state index < -0.39 is 48.0 Å². The van der Waals surface area contributed by atoms with Gasteiger partial charge < -0.3 is 43.4 Å². The smallest absolute Gasteiger partial charge is 0.321 e. The fourth-order valence-corrected chi connectivity index (χ4v) is 0.937. The number of hydrogen-bond acceptors (Lipinski definition) is 12. The Balaban J connectivity index is -0.0000000626. The average Bonchev–Trinajstić information content (AvgIpc) is 2.66. The van der Waals surface area contributed by atoms with Crippen molar-refractivity contribution in [3.63, 3.8) is 0 Å². The highest BCUT2D eigenvalue weighted by Gasteiger charge is 2.07. The van der Waals surface area contributed by atoms with Crippen molar-refractivity contribution in [2.45, 2.75) is 24.2 Å². The predicted molar refractivity (Wildman–Crippen MR) is 139 cm³/mol. The fourth-order valence-electron chi connectivity index (χ4n) is 0.312. The molecule has 0 amide bonds. The van der Waals surface area contributed by atoms with Crippen molar-refractivity contribution in [3.05, 3.63) is 0 Å². The van der Waals surface area contributed by atoms with Crippen LogP contribution >= 0.6 is 77.5 Å². The van der Waals surface area contributed by atoms with E-state index in [9.17, 15) is 19.2 Å². The Bertz CT molecular complexity index is 386. The third kappa shape index (κ3) is 35.3. The van der Waals surface area contributed by atoms with Gasteiger partial charge in [-0.2, -0.15) is 77.5 Å². The Labute approximate surface area is 210 Å². The normalized spacial score (nSPS) is 12.5. The van der Waals surface area contributed by atoms with Gasteiger partial charge in [0, 0.05) is 23.0 Å². The lowest BCUT2D eigenvalue weighted by Crippen LogP contribution is -2.31. The van der Waals surface area contributed by atoms with Crippen molar-refractivity contribution in [2.24, 2.45) is 22.9 Å². The maximum atomic E-state index is 9.76. The minimum Gasteiger partial charge on any atom is -0.480 e. The Hall–Kier alpha value is -0.180. The molecule has 12 nitrogen and oxygen atoms in total. The zero-order valence-electron chi connectivity index (χ0n) is 15.7. The molecule has 0 heterocycles. The first-order valence-electron chi connectivity index (χ1n) is 7.10. The molecule has 12 N–H and O–H groups in total. The summed E-state index contributed by atoms with van der Waals surface area (Å²) in [6, 6.07) is -3.27. The number of carboxylic acid groups (broad SMARTS) is 4. The van der Waals surface area contributed by atoms with Gasteiger partial charge in [0.15, 0.2) is 0 Å². The van der Waals surface area contributed by atoms with E-state index in [1.165, 1.54) is 0 Å². The molecule has 0 aromatic carbocycles. The number of aliphatic carboxylic acids is 4. The number of carboxylic acids is 4. The molecule has 0 bridgehead atoms. The number of hydrogen-bond donors (Lipinski definition) is 12. The molecule has 0 aliphatic heterocycles. The van der Waals surface area contributed by atoms with Gasteiger partial charge in [-0.3, -0.25) is 19.2 Å². The minimum absolute atomic E-state index is 0. The summed E-state index contributed by atoms with van der Waals surface area (Å²) in [6.07, 6.45) is 0. The van der Waals surface area contributed by atoms with Crippen molar-refractivity contribution in [3.8, 4) is 0 Å². The summed E-state index contributed by atoms with van der Waals surface area (Å²) in [5.41, 5.74) is 19.8. The van der Waals surface area contributed by atoms with Gasteiger partial charge in [0.05, 0.1) is 0 Å². The van der Waals surface area contributed by atoms with Crippen LogP contribution in [0.2, 0.25) is 0 Å². The van der Waals surface area contributed by atoms with Gasteiger partial charge in [-0.15, -0.1) is 0 Å². The van der Waals surface area contributed by atoms with Gasteiger partial charge in [0.1, 0.15) is 24.2 Å². The maximum Gasteiger partial charge on any atom is 0.321 e. The van der Waals surface area contributed by atoms with E-state index in [0.29, 0.717) is 0 Å². The van der Waals surface area contributed by atoms with E-state index in [2.05, 4.69) is 50.5 Å². The van der Waals surface area contributed by atoms with Crippen LogP contribution in [0.4, 0.5) is 0 Å². The summed E-state index contributed by atoms with van der Waals surface area (Å²) in [7, 11) is 0. The predicted octanol–water partition coefficient (Wildman–Crippen LogP) is -2.46. The molecule has 0 spiro atoms. The van der Waals surface area contributed by atoms with Crippen molar-refractivity contribution < 1.29 is 39.6 Å². The van der Waals surface area contributed by atoms with Crippen molar-refractivity contribution >= 4 is 101 Å². The molecular weight excluding hydrogens is 521 g/mol. The average molecular weight is 553 g/mol. The third-order valence-electron chi connectivity index (χ3n) is 2.06. The zero-order chi connectivity index (χ0) is 23.4. The van der Waals surface area contributed by atoms with Crippen LogP contribution < -0.4 is 22.9 Å². The molecular formula is C12H32N4O8S6. The molecule has 184 valence electrons. The second kappa shape index (κ2) is 28.8. The van der Waals surface area contributed by atoms with Gasteiger partial charge >= 0.3 is 23.9 Å². The lowest BCUT2D eigenvalue weighted by atomic mass is 10.4. The largest absolute Gasteiger partial charge is 0.480 e. The fraction of sp³-hybridized carbons (Fsp3) is 0.667. The Kier molecular flexibility index (Phi) is 41.9. The van der Waals surface area contributed by atoms with E-state index in [1.54, 1.807) is 0 Å². The highest BCUT2D eigenvalue weighted by atomic mass is 32.1. The van der Waals surface area contributed by atoms with Crippen LogP contribution in [-0.4, -0.2) is 91.5 Å². The zero-order valence-corrected chi connectivity index (χ0v) is 21.2. The molecule has 4 atom stereocenters. The molecule has 0 aromatic heterocycles. The first-order valence-corrected chi connectivity index (χ1v) is 9.63. The molecule has 0 aliphatic rings. The van der Waals surface area contributed by atoms with Crippen LogP contribution in [0.15, 0.2) is 0 Å². The number of carbonyl (C=O) groups is 4. The van der Waals surface area contributed by atoms with E-state index in [4.69, 9.17) is 43.4 Å². The molecule has 4 unspecified atom stereocenters. The Morgan fingerprint density at radius 3 is 0.600 bits per heavy atom. The summed E-state index contributed by atoms with van der Waals surface area (Å²) in [4.78, 5) is 39.0. The molecule has 18 heteroatoms. The topological polar surface area (TPSA) is 253 Å². The van der Waals surface area contributed by atoms with Gasteiger partial charge in [-0.1, -0.05) is 0 Å².